The monoisotopic (exact) mass is 512 g/mol. The summed E-state index contributed by atoms with van der Waals surface area (Å²) >= 11 is 1.13. The van der Waals surface area contributed by atoms with Crippen molar-refractivity contribution in [1.29, 1.82) is 0 Å². The summed E-state index contributed by atoms with van der Waals surface area (Å²) in [7, 11) is 1.50. The highest BCUT2D eigenvalue weighted by molar-refractivity contribution is 8.00. The number of carbonyl (C=O) groups is 1. The Morgan fingerprint density at radius 3 is 2.67 bits per heavy atom. The molecule has 4 aromatic rings. The zero-order valence-corrected chi connectivity index (χ0v) is 21.1. The van der Waals surface area contributed by atoms with Crippen molar-refractivity contribution < 1.29 is 19.4 Å². The van der Waals surface area contributed by atoms with Crippen LogP contribution in [0.3, 0.4) is 0 Å². The Morgan fingerprint density at radius 2 is 1.92 bits per heavy atom. The van der Waals surface area contributed by atoms with Crippen molar-refractivity contribution in [3.8, 4) is 5.75 Å². The second-order valence-corrected chi connectivity index (χ2v) is 9.37. The standard InChI is InChI=1S/C25H28N4O6S/c1-4-19(23(32)34-5-2)36-25-26-21-20(22(31)27-24(33)28(21)3)29(25)13-16(30)14-35-18-12-8-10-15-9-6-7-11-17(15)18/h6-12,16,19,30H,4-5,13-14H2,1-3H3,(H,27,31,33)/t16-,19-/m0/s1. The van der Waals surface area contributed by atoms with Crippen LogP contribution in [-0.4, -0.2) is 54.7 Å². The SMILES string of the molecule is CCOC(=O)[C@H](CC)Sc1nc2c(c(=O)[nH]c(=O)n2C)n1C[C@H](O)COc1cccc2ccccc12. The molecular formula is C25H28N4O6S. The third-order valence-electron chi connectivity index (χ3n) is 5.71. The molecule has 0 amide bonds. The van der Waals surface area contributed by atoms with E-state index in [1.165, 1.54) is 16.2 Å². The minimum absolute atomic E-state index is 0.0376. The van der Waals surface area contributed by atoms with Crippen LogP contribution in [0.4, 0.5) is 0 Å². The van der Waals surface area contributed by atoms with Gasteiger partial charge in [-0.05, 0) is 24.8 Å². The molecule has 0 radical (unpaired) electrons. The second kappa shape index (κ2) is 11.0. The number of aromatic nitrogens is 4. The van der Waals surface area contributed by atoms with Gasteiger partial charge in [-0.2, -0.15) is 0 Å². The molecule has 10 nitrogen and oxygen atoms in total. The Hall–Kier alpha value is -3.57. The lowest BCUT2D eigenvalue weighted by Crippen LogP contribution is -2.31. The van der Waals surface area contributed by atoms with Crippen molar-refractivity contribution in [2.75, 3.05) is 13.2 Å². The molecular weight excluding hydrogens is 484 g/mol. The normalized spacial score (nSPS) is 13.1. The number of hydrogen-bond acceptors (Lipinski definition) is 8. The minimum atomic E-state index is -1.01. The maximum atomic E-state index is 12.7. The molecule has 2 aromatic carbocycles. The van der Waals surface area contributed by atoms with Crippen LogP contribution in [0.1, 0.15) is 20.3 Å². The predicted molar refractivity (Wildman–Crippen MR) is 138 cm³/mol. The first-order valence-electron chi connectivity index (χ1n) is 11.7. The van der Waals surface area contributed by atoms with Crippen molar-refractivity contribution in [3.05, 3.63) is 63.3 Å². The van der Waals surface area contributed by atoms with E-state index < -0.39 is 28.6 Å². The van der Waals surface area contributed by atoms with E-state index in [4.69, 9.17) is 9.47 Å². The Labute approximate surface area is 210 Å². The number of ether oxygens (including phenoxy) is 2. The molecule has 0 unspecified atom stereocenters. The number of carbonyl (C=O) groups excluding carboxylic acids is 1. The molecule has 36 heavy (non-hydrogen) atoms. The lowest BCUT2D eigenvalue weighted by Gasteiger charge is -2.17. The van der Waals surface area contributed by atoms with E-state index in [0.717, 1.165) is 22.5 Å². The van der Waals surface area contributed by atoms with Crippen LogP contribution in [0.15, 0.2) is 57.2 Å². The van der Waals surface area contributed by atoms with Crippen molar-refractivity contribution in [3.63, 3.8) is 0 Å². The molecule has 0 aliphatic heterocycles. The molecule has 2 atom stereocenters. The Bertz CT molecular complexity index is 1500. The molecule has 11 heteroatoms. The summed E-state index contributed by atoms with van der Waals surface area (Å²) in [5, 5.41) is 12.6. The first-order valence-corrected chi connectivity index (χ1v) is 12.5. The number of nitrogens with one attached hydrogen (secondary N) is 1. The fourth-order valence-corrected chi connectivity index (χ4v) is 4.92. The maximum Gasteiger partial charge on any atom is 0.329 e. The number of esters is 1. The van der Waals surface area contributed by atoms with Gasteiger partial charge in [0.05, 0.1) is 13.2 Å². The average molecular weight is 513 g/mol. The van der Waals surface area contributed by atoms with Crippen LogP contribution in [0.25, 0.3) is 21.9 Å². The van der Waals surface area contributed by atoms with Crippen molar-refractivity contribution in [2.45, 2.75) is 43.3 Å². The molecule has 0 saturated heterocycles. The van der Waals surface area contributed by atoms with Crippen LogP contribution in [0, 0.1) is 0 Å². The van der Waals surface area contributed by atoms with Gasteiger partial charge in [0.15, 0.2) is 16.3 Å². The van der Waals surface area contributed by atoms with Gasteiger partial charge < -0.3 is 19.1 Å². The van der Waals surface area contributed by atoms with Crippen molar-refractivity contribution in [2.24, 2.45) is 7.05 Å². The van der Waals surface area contributed by atoms with E-state index in [1.54, 1.807) is 6.92 Å². The fourth-order valence-electron chi connectivity index (χ4n) is 3.91. The number of aliphatic hydroxyl groups is 1. The molecule has 190 valence electrons. The van der Waals surface area contributed by atoms with Crippen molar-refractivity contribution >= 4 is 39.7 Å². The third kappa shape index (κ3) is 5.17. The van der Waals surface area contributed by atoms with Gasteiger partial charge in [0.25, 0.3) is 5.56 Å². The number of aliphatic hydroxyl groups excluding tert-OH is 1. The van der Waals surface area contributed by atoms with Crippen LogP contribution in [0.5, 0.6) is 5.75 Å². The summed E-state index contributed by atoms with van der Waals surface area (Å²) in [4.78, 5) is 44.1. The van der Waals surface area contributed by atoms with Gasteiger partial charge in [0, 0.05) is 12.4 Å². The number of fused-ring (bicyclic) bond motifs is 2. The van der Waals surface area contributed by atoms with Crippen molar-refractivity contribution in [1.82, 2.24) is 19.1 Å². The van der Waals surface area contributed by atoms with Gasteiger partial charge in [0.1, 0.15) is 23.7 Å². The zero-order chi connectivity index (χ0) is 25.8. The Morgan fingerprint density at radius 1 is 1.17 bits per heavy atom. The number of hydrogen-bond donors (Lipinski definition) is 2. The van der Waals surface area contributed by atoms with Gasteiger partial charge in [-0.3, -0.25) is 19.1 Å². The molecule has 0 aliphatic carbocycles. The van der Waals surface area contributed by atoms with Gasteiger partial charge in [-0.25, -0.2) is 9.78 Å². The van der Waals surface area contributed by atoms with Gasteiger partial charge in [-0.15, -0.1) is 0 Å². The summed E-state index contributed by atoms with van der Waals surface area (Å²) < 4.78 is 13.8. The summed E-state index contributed by atoms with van der Waals surface area (Å²) in [6.07, 6.45) is -0.547. The molecule has 2 heterocycles. The van der Waals surface area contributed by atoms with Crippen LogP contribution < -0.4 is 16.0 Å². The highest BCUT2D eigenvalue weighted by Gasteiger charge is 2.26. The lowest BCUT2D eigenvalue weighted by atomic mass is 10.1. The quantitative estimate of drug-likeness (QED) is 0.245. The van der Waals surface area contributed by atoms with Crippen LogP contribution >= 0.6 is 11.8 Å². The highest BCUT2D eigenvalue weighted by Crippen LogP contribution is 2.29. The van der Waals surface area contributed by atoms with Gasteiger partial charge in [0.2, 0.25) is 0 Å². The smallest absolute Gasteiger partial charge is 0.329 e. The summed E-state index contributed by atoms with van der Waals surface area (Å²) in [5.41, 5.74) is -0.945. The summed E-state index contributed by atoms with van der Waals surface area (Å²) in [5.74, 6) is 0.233. The number of aryl methyl sites for hydroxylation is 1. The molecule has 0 spiro atoms. The Kier molecular flexibility index (Phi) is 7.80. The van der Waals surface area contributed by atoms with E-state index in [9.17, 15) is 19.5 Å². The van der Waals surface area contributed by atoms with Crippen LogP contribution in [0.2, 0.25) is 0 Å². The number of imidazole rings is 1. The van der Waals surface area contributed by atoms with E-state index in [0.29, 0.717) is 17.3 Å². The van der Waals surface area contributed by atoms with E-state index in [-0.39, 0.29) is 30.9 Å². The number of nitrogens with zero attached hydrogens (tertiary/aromatic N) is 3. The molecule has 0 bridgehead atoms. The molecule has 0 saturated carbocycles. The Balaban J connectivity index is 1.65. The van der Waals surface area contributed by atoms with Crippen LogP contribution in [-0.2, 0) is 23.1 Å². The number of H-pyrrole nitrogens is 1. The molecule has 0 fully saturated rings. The second-order valence-electron chi connectivity index (χ2n) is 8.20. The number of thioether (sulfide) groups is 1. The molecule has 2 aromatic heterocycles. The molecule has 4 rings (SSSR count). The first kappa shape index (κ1) is 25.5. The lowest BCUT2D eigenvalue weighted by molar-refractivity contribution is -0.142. The number of aromatic amines is 1. The average Bonchev–Trinajstić information content (AvgIpc) is 3.22. The number of benzene rings is 2. The summed E-state index contributed by atoms with van der Waals surface area (Å²) in [6, 6.07) is 13.5. The van der Waals surface area contributed by atoms with Gasteiger partial charge in [-0.1, -0.05) is 55.1 Å². The zero-order valence-electron chi connectivity index (χ0n) is 20.3. The highest BCUT2D eigenvalue weighted by atomic mass is 32.2. The fraction of sp³-hybridized carbons (Fsp3) is 0.360. The molecule has 2 N–H and O–H groups in total. The van der Waals surface area contributed by atoms with E-state index >= 15 is 0 Å². The number of rotatable bonds is 10. The molecule has 0 aliphatic rings. The largest absolute Gasteiger partial charge is 0.490 e. The maximum absolute atomic E-state index is 12.7. The van der Waals surface area contributed by atoms with E-state index in [1.807, 2.05) is 49.4 Å². The minimum Gasteiger partial charge on any atom is -0.490 e. The van der Waals surface area contributed by atoms with Gasteiger partial charge >= 0.3 is 11.7 Å². The summed E-state index contributed by atoms with van der Waals surface area (Å²) in [6.45, 7) is 3.73. The third-order valence-corrected chi connectivity index (χ3v) is 7.05. The first-order chi connectivity index (χ1) is 17.3. The van der Waals surface area contributed by atoms with E-state index in [2.05, 4.69) is 9.97 Å². The topological polar surface area (TPSA) is 128 Å². The predicted octanol–water partition coefficient (Wildman–Crippen LogP) is 2.45.